The molecule has 3 unspecified atom stereocenters. The standard InChI is InChI=1S/C26H38ClN4PS/c1-7-24(19-15-28-16-19)30-17-29-18(2)23-14-21(27)10-13-25(23)31-32(6)33-22-11-8-20(9-12-22)26(3,4)5/h8-14,17-19,24,28,31H,7,15-16H2,1-6H3,(H,29,30). The summed E-state index contributed by atoms with van der Waals surface area (Å²) in [6.07, 6.45) is 2.99. The highest BCUT2D eigenvalue weighted by Crippen LogP contribution is 2.51. The zero-order valence-corrected chi connectivity index (χ0v) is 23.1. The van der Waals surface area contributed by atoms with Crippen LogP contribution in [-0.4, -0.2) is 32.1 Å². The van der Waals surface area contributed by atoms with Gasteiger partial charge in [0.1, 0.15) is 0 Å². The van der Waals surface area contributed by atoms with E-state index >= 15 is 0 Å². The van der Waals surface area contributed by atoms with Gasteiger partial charge in [0, 0.05) is 46.2 Å². The summed E-state index contributed by atoms with van der Waals surface area (Å²) >= 11 is 8.23. The average Bonchev–Trinajstić information content (AvgIpc) is 2.72. The lowest BCUT2D eigenvalue weighted by Crippen LogP contribution is -2.52. The molecule has 0 saturated carbocycles. The quantitative estimate of drug-likeness (QED) is 0.178. The largest absolute Gasteiger partial charge is 0.373 e. The zero-order valence-electron chi connectivity index (χ0n) is 20.7. The van der Waals surface area contributed by atoms with E-state index in [9.17, 15) is 0 Å². The molecule has 0 amide bonds. The number of aliphatic imine (C=N–C) groups is 1. The van der Waals surface area contributed by atoms with Crippen molar-refractivity contribution in [2.75, 3.05) is 24.8 Å². The minimum atomic E-state index is -0.501. The minimum Gasteiger partial charge on any atom is -0.373 e. The summed E-state index contributed by atoms with van der Waals surface area (Å²) in [4.78, 5) is 6.08. The Hall–Kier alpha value is -1.26. The molecule has 2 aromatic carbocycles. The Morgan fingerprint density at radius 2 is 1.91 bits per heavy atom. The summed E-state index contributed by atoms with van der Waals surface area (Å²) < 4.78 is 0. The Morgan fingerprint density at radius 3 is 2.48 bits per heavy atom. The van der Waals surface area contributed by atoms with Gasteiger partial charge in [-0.1, -0.05) is 62.8 Å². The number of rotatable bonds is 10. The fourth-order valence-electron chi connectivity index (χ4n) is 3.86. The first kappa shape index (κ1) is 26.3. The van der Waals surface area contributed by atoms with Gasteiger partial charge in [-0.25, -0.2) is 0 Å². The summed E-state index contributed by atoms with van der Waals surface area (Å²) in [6.45, 7) is 15.5. The molecule has 7 heteroatoms. The van der Waals surface area contributed by atoms with Crippen LogP contribution in [0.2, 0.25) is 5.02 Å². The second kappa shape index (κ2) is 11.9. The van der Waals surface area contributed by atoms with E-state index in [2.05, 4.69) is 87.3 Å². The molecule has 0 radical (unpaired) electrons. The van der Waals surface area contributed by atoms with Crippen LogP contribution in [0.25, 0.3) is 0 Å². The van der Waals surface area contributed by atoms with Crippen LogP contribution < -0.4 is 15.7 Å². The summed E-state index contributed by atoms with van der Waals surface area (Å²) in [5, 5.41) is 11.3. The van der Waals surface area contributed by atoms with Gasteiger partial charge < -0.3 is 15.7 Å². The Morgan fingerprint density at radius 1 is 1.21 bits per heavy atom. The van der Waals surface area contributed by atoms with Crippen LogP contribution in [0, 0.1) is 5.92 Å². The molecule has 33 heavy (non-hydrogen) atoms. The maximum atomic E-state index is 6.35. The summed E-state index contributed by atoms with van der Waals surface area (Å²) in [5.74, 6) is 0.693. The van der Waals surface area contributed by atoms with Crippen molar-refractivity contribution < 1.29 is 0 Å². The second-order valence-electron chi connectivity index (χ2n) is 9.76. The number of halogens is 1. The monoisotopic (exact) mass is 504 g/mol. The van der Waals surface area contributed by atoms with Crippen LogP contribution in [0.5, 0.6) is 0 Å². The maximum absolute atomic E-state index is 6.35. The van der Waals surface area contributed by atoms with Gasteiger partial charge in [-0.15, -0.1) is 0 Å². The Labute approximate surface area is 210 Å². The maximum Gasteiger partial charge on any atom is 0.0833 e. The van der Waals surface area contributed by atoms with Gasteiger partial charge in [0.15, 0.2) is 0 Å². The third kappa shape index (κ3) is 7.62. The van der Waals surface area contributed by atoms with Gasteiger partial charge in [0.25, 0.3) is 0 Å². The molecule has 1 saturated heterocycles. The normalized spacial score (nSPS) is 17.4. The Kier molecular flexibility index (Phi) is 9.52. The Balaban J connectivity index is 1.64. The van der Waals surface area contributed by atoms with Crippen molar-refractivity contribution in [3.05, 3.63) is 58.6 Å². The number of nitrogens with one attached hydrogen (secondary N) is 3. The molecule has 2 aromatic rings. The van der Waals surface area contributed by atoms with E-state index in [4.69, 9.17) is 16.6 Å². The van der Waals surface area contributed by atoms with Gasteiger partial charge in [-0.2, -0.15) is 0 Å². The summed E-state index contributed by atoms with van der Waals surface area (Å²) in [6, 6.07) is 15.5. The number of hydrogen-bond donors (Lipinski definition) is 3. The van der Waals surface area contributed by atoms with E-state index in [1.165, 1.54) is 10.5 Å². The van der Waals surface area contributed by atoms with Crippen LogP contribution in [-0.2, 0) is 5.41 Å². The fraction of sp³-hybridized carbons (Fsp3) is 0.500. The number of benzene rings is 2. The molecule has 3 rings (SSSR count). The molecule has 0 aliphatic carbocycles. The van der Waals surface area contributed by atoms with Crippen molar-refractivity contribution in [1.29, 1.82) is 0 Å². The summed E-state index contributed by atoms with van der Waals surface area (Å²) in [5.41, 5.74) is 3.76. The molecule has 0 spiro atoms. The highest BCUT2D eigenvalue weighted by Gasteiger charge is 2.24. The van der Waals surface area contributed by atoms with Crippen LogP contribution >= 0.6 is 30.3 Å². The molecule has 180 valence electrons. The second-order valence-corrected chi connectivity index (χ2v) is 14.3. The van der Waals surface area contributed by atoms with Crippen molar-refractivity contribution >= 4 is 42.3 Å². The van der Waals surface area contributed by atoms with Crippen molar-refractivity contribution in [3.8, 4) is 0 Å². The third-order valence-corrected chi connectivity index (χ3v) is 9.39. The molecule has 4 nitrogen and oxygen atoms in total. The first-order valence-corrected chi connectivity index (χ1v) is 15.3. The molecule has 1 heterocycles. The summed E-state index contributed by atoms with van der Waals surface area (Å²) in [7, 11) is -0.501. The first-order valence-electron chi connectivity index (χ1n) is 11.7. The Bertz CT molecular complexity index is 925. The van der Waals surface area contributed by atoms with Crippen molar-refractivity contribution in [2.24, 2.45) is 10.9 Å². The van der Waals surface area contributed by atoms with Gasteiger partial charge in [0.2, 0.25) is 0 Å². The van der Waals surface area contributed by atoms with Crippen LogP contribution in [0.15, 0.2) is 52.4 Å². The van der Waals surface area contributed by atoms with Crippen LogP contribution in [0.1, 0.15) is 58.2 Å². The lowest BCUT2D eigenvalue weighted by atomic mass is 9.87. The molecule has 1 aliphatic rings. The topological polar surface area (TPSA) is 48.5 Å². The van der Waals surface area contributed by atoms with Gasteiger partial charge in [0.05, 0.1) is 19.7 Å². The molecule has 0 aromatic heterocycles. The number of anilines is 1. The molecule has 3 N–H and O–H groups in total. The lowest BCUT2D eigenvalue weighted by Gasteiger charge is -2.34. The molecule has 0 bridgehead atoms. The van der Waals surface area contributed by atoms with E-state index in [0.717, 1.165) is 35.8 Å². The third-order valence-electron chi connectivity index (χ3n) is 6.11. The molecular formula is C26H38ClN4PS. The molecule has 3 atom stereocenters. The van der Waals surface area contributed by atoms with Crippen LogP contribution in [0.3, 0.4) is 0 Å². The molecular weight excluding hydrogens is 467 g/mol. The van der Waals surface area contributed by atoms with Gasteiger partial charge in [-0.3, -0.25) is 4.99 Å². The predicted octanol–water partition coefficient (Wildman–Crippen LogP) is 7.46. The van der Waals surface area contributed by atoms with E-state index in [0.29, 0.717) is 12.0 Å². The van der Waals surface area contributed by atoms with E-state index < -0.39 is 7.27 Å². The lowest BCUT2D eigenvalue weighted by molar-refractivity contribution is 0.271. The van der Waals surface area contributed by atoms with E-state index in [1.54, 1.807) is 0 Å². The average molecular weight is 505 g/mol. The van der Waals surface area contributed by atoms with Gasteiger partial charge >= 0.3 is 0 Å². The van der Waals surface area contributed by atoms with Crippen molar-refractivity contribution in [2.45, 2.75) is 63.4 Å². The molecule has 1 aliphatic heterocycles. The van der Waals surface area contributed by atoms with Crippen molar-refractivity contribution in [3.63, 3.8) is 0 Å². The first-order chi connectivity index (χ1) is 15.7. The fourth-order valence-corrected chi connectivity index (χ4v) is 6.95. The van der Waals surface area contributed by atoms with Crippen LogP contribution in [0.4, 0.5) is 5.69 Å². The highest BCUT2D eigenvalue weighted by atomic mass is 35.5. The minimum absolute atomic E-state index is 0.00944. The number of nitrogens with zero attached hydrogens (tertiary/aromatic N) is 1. The van der Waals surface area contributed by atoms with E-state index in [-0.39, 0.29) is 11.5 Å². The van der Waals surface area contributed by atoms with Crippen molar-refractivity contribution in [1.82, 2.24) is 10.6 Å². The smallest absolute Gasteiger partial charge is 0.0833 e. The zero-order chi connectivity index (χ0) is 24.0. The number of hydrogen-bond acceptors (Lipinski definition) is 4. The highest BCUT2D eigenvalue weighted by molar-refractivity contribution is 8.56. The predicted molar refractivity (Wildman–Crippen MR) is 149 cm³/mol. The SMILES string of the molecule is CCC(NC=NC(C)c1cc(Cl)ccc1NP(C)Sc1ccc(C(C)(C)C)cc1)C1CNC1. The van der Waals surface area contributed by atoms with E-state index in [1.807, 2.05) is 29.9 Å². The van der Waals surface area contributed by atoms with Gasteiger partial charge in [-0.05, 0) is 61.3 Å². The molecule has 1 fully saturated rings.